The maximum atomic E-state index is 10.7. The molecule has 7 nitrogen and oxygen atoms in total. The molecule has 1 aliphatic heterocycles. The average molecular weight is 298 g/mol. The normalized spacial score (nSPS) is 14.5. The zero-order valence-electron chi connectivity index (χ0n) is 12.1. The van der Waals surface area contributed by atoms with E-state index in [1.54, 1.807) is 12.5 Å². The number of hydrogen-bond donors (Lipinski definition) is 3. The van der Waals surface area contributed by atoms with Crippen molar-refractivity contribution < 1.29 is 0 Å². The van der Waals surface area contributed by atoms with Gasteiger partial charge in [-0.25, -0.2) is 14.8 Å². The summed E-state index contributed by atoms with van der Waals surface area (Å²) in [6.45, 7) is 4.17. The fourth-order valence-electron chi connectivity index (χ4n) is 2.34. The van der Waals surface area contributed by atoms with Crippen molar-refractivity contribution in [2.75, 3.05) is 31.1 Å². The van der Waals surface area contributed by atoms with Gasteiger partial charge in [-0.2, -0.15) is 0 Å². The Labute approximate surface area is 127 Å². The van der Waals surface area contributed by atoms with Gasteiger partial charge in [0.2, 0.25) is 0 Å². The summed E-state index contributed by atoms with van der Waals surface area (Å²) in [5.74, 6) is 1.03. The predicted octanol–water partition coefficient (Wildman–Crippen LogP) is 0.742. The van der Waals surface area contributed by atoms with Crippen LogP contribution in [0, 0.1) is 0 Å². The van der Waals surface area contributed by atoms with Crippen LogP contribution in [0.5, 0.6) is 0 Å². The lowest BCUT2D eigenvalue weighted by molar-refractivity contribution is 0.584. The zero-order valence-corrected chi connectivity index (χ0v) is 12.1. The molecule has 1 aromatic carbocycles. The highest BCUT2D eigenvalue weighted by Gasteiger charge is 2.10. The van der Waals surface area contributed by atoms with Gasteiger partial charge in [0.1, 0.15) is 12.1 Å². The molecule has 0 atom stereocenters. The van der Waals surface area contributed by atoms with Gasteiger partial charge in [-0.3, -0.25) is 0 Å². The highest BCUT2D eigenvalue weighted by Crippen LogP contribution is 2.07. The highest BCUT2D eigenvalue weighted by molar-refractivity contribution is 5.73. The molecule has 3 heterocycles. The molecule has 1 fully saturated rings. The highest BCUT2D eigenvalue weighted by atomic mass is 16.1. The van der Waals surface area contributed by atoms with E-state index in [0.29, 0.717) is 0 Å². The van der Waals surface area contributed by atoms with Crippen molar-refractivity contribution in [2.24, 2.45) is 0 Å². The van der Waals surface area contributed by atoms with Gasteiger partial charge in [-0.1, -0.05) is 12.1 Å². The summed E-state index contributed by atoms with van der Waals surface area (Å²) < 4.78 is 0. The van der Waals surface area contributed by atoms with E-state index >= 15 is 0 Å². The smallest absolute Gasteiger partial charge is 0.323 e. The summed E-state index contributed by atoms with van der Waals surface area (Å²) in [5, 5.41) is 3.30. The lowest BCUT2D eigenvalue weighted by Gasteiger charge is -2.27. The van der Waals surface area contributed by atoms with E-state index in [9.17, 15) is 4.79 Å². The van der Waals surface area contributed by atoms with E-state index in [0.717, 1.165) is 43.0 Å². The van der Waals surface area contributed by atoms with E-state index in [1.807, 2.05) is 30.3 Å². The number of rotatable bonds is 1. The minimum absolute atomic E-state index is 0.152. The lowest BCUT2D eigenvalue weighted by Crippen LogP contribution is -2.43. The van der Waals surface area contributed by atoms with Crippen LogP contribution in [0.3, 0.4) is 0 Å². The van der Waals surface area contributed by atoms with Gasteiger partial charge in [0.15, 0.2) is 0 Å². The number of piperazine rings is 1. The molecule has 0 unspecified atom stereocenters. The fourth-order valence-corrected chi connectivity index (χ4v) is 2.34. The van der Waals surface area contributed by atoms with Crippen molar-refractivity contribution >= 4 is 16.9 Å². The van der Waals surface area contributed by atoms with E-state index in [1.165, 1.54) is 0 Å². The number of H-pyrrole nitrogens is 2. The van der Waals surface area contributed by atoms with Gasteiger partial charge in [0.25, 0.3) is 0 Å². The van der Waals surface area contributed by atoms with Gasteiger partial charge in [-0.05, 0) is 18.2 Å². The molecule has 0 bridgehead atoms. The number of benzene rings is 1. The topological polar surface area (TPSA) is 89.7 Å². The second kappa shape index (κ2) is 6.86. The van der Waals surface area contributed by atoms with Crippen LogP contribution in [0.2, 0.25) is 0 Å². The molecule has 0 radical (unpaired) electrons. The summed E-state index contributed by atoms with van der Waals surface area (Å²) in [7, 11) is 0. The molecule has 3 N–H and O–H groups in total. The number of fused-ring (bicyclic) bond motifs is 1. The van der Waals surface area contributed by atoms with Gasteiger partial charge in [0.05, 0.1) is 11.0 Å². The van der Waals surface area contributed by atoms with E-state index < -0.39 is 0 Å². The predicted molar refractivity (Wildman–Crippen MR) is 86.0 cm³/mol. The Morgan fingerprint density at radius 2 is 1.68 bits per heavy atom. The van der Waals surface area contributed by atoms with E-state index in [-0.39, 0.29) is 5.69 Å². The molecule has 1 saturated heterocycles. The number of nitrogens with one attached hydrogen (secondary N) is 3. The minimum Gasteiger partial charge on any atom is -0.354 e. The zero-order chi connectivity index (χ0) is 15.2. The SMILES string of the molecule is O=c1[nH]c2ccccc2[nH]1.c1cc(N2CCNCC2)ncn1. The average Bonchev–Trinajstić information content (AvgIpc) is 2.97. The van der Waals surface area contributed by atoms with Crippen LogP contribution in [0.4, 0.5) is 5.82 Å². The minimum atomic E-state index is -0.152. The maximum absolute atomic E-state index is 10.7. The third-order valence-corrected chi connectivity index (χ3v) is 3.43. The third-order valence-electron chi connectivity index (χ3n) is 3.43. The largest absolute Gasteiger partial charge is 0.354 e. The number of para-hydroxylation sites is 2. The molecule has 3 aromatic rings. The molecule has 7 heteroatoms. The second-order valence-electron chi connectivity index (χ2n) is 4.93. The number of imidazole rings is 1. The Kier molecular flexibility index (Phi) is 4.45. The van der Waals surface area contributed by atoms with Crippen molar-refractivity contribution in [3.63, 3.8) is 0 Å². The van der Waals surface area contributed by atoms with Crippen molar-refractivity contribution in [2.45, 2.75) is 0 Å². The van der Waals surface area contributed by atoms with Crippen LogP contribution in [0.1, 0.15) is 0 Å². The van der Waals surface area contributed by atoms with E-state index in [4.69, 9.17) is 0 Å². The number of nitrogens with zero attached hydrogens (tertiary/aromatic N) is 3. The van der Waals surface area contributed by atoms with Gasteiger partial charge in [0, 0.05) is 32.4 Å². The molecule has 22 heavy (non-hydrogen) atoms. The Bertz CT molecular complexity index is 724. The van der Waals surface area contributed by atoms with Gasteiger partial charge in [-0.15, -0.1) is 0 Å². The first-order valence-electron chi connectivity index (χ1n) is 7.21. The van der Waals surface area contributed by atoms with Crippen LogP contribution < -0.4 is 15.9 Å². The first-order valence-corrected chi connectivity index (χ1v) is 7.21. The Morgan fingerprint density at radius 3 is 2.27 bits per heavy atom. The molecule has 0 amide bonds. The van der Waals surface area contributed by atoms with Gasteiger partial charge >= 0.3 is 5.69 Å². The molecule has 2 aromatic heterocycles. The molecular weight excluding hydrogens is 280 g/mol. The van der Waals surface area contributed by atoms with Crippen molar-refractivity contribution in [3.05, 3.63) is 53.3 Å². The van der Waals surface area contributed by atoms with E-state index in [2.05, 4.69) is 30.2 Å². The summed E-state index contributed by atoms with van der Waals surface area (Å²) in [6.07, 6.45) is 3.38. The first-order chi connectivity index (χ1) is 10.8. The molecule has 0 aliphatic carbocycles. The summed E-state index contributed by atoms with van der Waals surface area (Å²) in [5.41, 5.74) is 1.56. The molecule has 1 aliphatic rings. The Morgan fingerprint density at radius 1 is 1.00 bits per heavy atom. The second-order valence-corrected chi connectivity index (χ2v) is 4.93. The molecule has 4 rings (SSSR count). The number of aromatic amines is 2. The number of aromatic nitrogens is 4. The Hall–Kier alpha value is -2.67. The van der Waals surface area contributed by atoms with Crippen LogP contribution in [0.25, 0.3) is 11.0 Å². The molecule has 0 spiro atoms. The van der Waals surface area contributed by atoms with Crippen LogP contribution in [-0.2, 0) is 0 Å². The monoisotopic (exact) mass is 298 g/mol. The number of anilines is 1. The van der Waals surface area contributed by atoms with Crippen molar-refractivity contribution in [1.82, 2.24) is 25.3 Å². The standard InChI is InChI=1S/C8H12N4.C7H6N2O/c1-2-10-7-11-8(1)12-5-3-9-4-6-12;10-7-8-5-3-1-2-4-6(5)9-7/h1-2,7,9H,3-6H2;1-4H,(H2,8,9,10). The molecule has 114 valence electrons. The quantitative estimate of drug-likeness (QED) is 0.616. The van der Waals surface area contributed by atoms with Crippen LogP contribution in [-0.4, -0.2) is 46.1 Å². The summed E-state index contributed by atoms with van der Waals surface area (Å²) in [4.78, 5) is 26.3. The lowest BCUT2D eigenvalue weighted by atomic mass is 10.3. The first kappa shape index (κ1) is 14.3. The molecule has 0 saturated carbocycles. The van der Waals surface area contributed by atoms with Crippen molar-refractivity contribution in [1.29, 1.82) is 0 Å². The number of hydrogen-bond acceptors (Lipinski definition) is 5. The van der Waals surface area contributed by atoms with Gasteiger partial charge < -0.3 is 20.2 Å². The summed E-state index contributed by atoms with van der Waals surface area (Å²) in [6, 6.07) is 9.42. The maximum Gasteiger partial charge on any atom is 0.323 e. The van der Waals surface area contributed by atoms with Crippen LogP contribution >= 0.6 is 0 Å². The Balaban J connectivity index is 0.000000133. The van der Waals surface area contributed by atoms with Crippen LogP contribution in [0.15, 0.2) is 47.7 Å². The fraction of sp³-hybridized carbons (Fsp3) is 0.267. The molecular formula is C15H18N6O. The summed E-state index contributed by atoms with van der Waals surface area (Å²) >= 11 is 0. The third kappa shape index (κ3) is 3.50. The van der Waals surface area contributed by atoms with Crippen molar-refractivity contribution in [3.8, 4) is 0 Å².